The first kappa shape index (κ1) is 34.9. The Kier molecular flexibility index (Phi) is 8.17. The van der Waals surface area contributed by atoms with Crippen LogP contribution in [-0.2, 0) is 0 Å². The van der Waals surface area contributed by atoms with Gasteiger partial charge in [0.05, 0.1) is 11.0 Å². The lowest BCUT2D eigenvalue weighted by Gasteiger charge is -2.26. The molecule has 0 fully saturated rings. The van der Waals surface area contributed by atoms with E-state index >= 15 is 0 Å². The molecule has 0 aliphatic carbocycles. The van der Waals surface area contributed by atoms with Gasteiger partial charge >= 0.3 is 0 Å². The van der Waals surface area contributed by atoms with Crippen LogP contribution in [-0.4, -0.2) is 4.57 Å². The van der Waals surface area contributed by atoms with Gasteiger partial charge < -0.3 is 13.9 Å². The third-order valence-electron chi connectivity index (χ3n) is 12.1. The number of para-hydroxylation sites is 3. The lowest BCUT2D eigenvalue weighted by molar-refractivity contribution is 0.669. The second kappa shape index (κ2) is 14.3. The molecule has 286 valence electrons. The molecule has 3 heteroatoms. The van der Waals surface area contributed by atoms with Gasteiger partial charge in [-0.15, -0.1) is 0 Å². The predicted molar refractivity (Wildman–Crippen MR) is 257 cm³/mol. The minimum Gasteiger partial charge on any atom is -0.456 e. The standard InChI is InChI=1S/C58H38N2O/c1-4-14-39(15-5-1)40-26-30-48(31-27-40)59(46-19-6-2-7-20-46)49-23-13-18-43(35-49)41-16-12-17-42(34-41)44-28-32-54-52(36-44)53-37-45-29-33-57-58(50-24-10-11-25-56(50)61-57)51(45)38-55(53)60(54)47-21-8-3-9-22-47/h1-38H. The van der Waals surface area contributed by atoms with Crippen LogP contribution in [0.4, 0.5) is 17.1 Å². The lowest BCUT2D eigenvalue weighted by Crippen LogP contribution is -2.09. The molecule has 0 saturated heterocycles. The third-order valence-corrected chi connectivity index (χ3v) is 12.1. The summed E-state index contributed by atoms with van der Waals surface area (Å²) < 4.78 is 8.73. The average molecular weight is 779 g/mol. The van der Waals surface area contributed by atoms with Gasteiger partial charge in [-0.3, -0.25) is 0 Å². The summed E-state index contributed by atoms with van der Waals surface area (Å²) in [6.45, 7) is 0. The van der Waals surface area contributed by atoms with Gasteiger partial charge in [0, 0.05) is 44.3 Å². The Morgan fingerprint density at radius 1 is 0.311 bits per heavy atom. The van der Waals surface area contributed by atoms with Crippen LogP contribution in [0, 0.1) is 0 Å². The zero-order chi connectivity index (χ0) is 40.3. The summed E-state index contributed by atoms with van der Waals surface area (Å²) in [5.74, 6) is 0. The van der Waals surface area contributed by atoms with Crippen molar-refractivity contribution in [2.75, 3.05) is 4.90 Å². The van der Waals surface area contributed by atoms with Crippen LogP contribution in [0.2, 0.25) is 0 Å². The molecule has 0 aliphatic rings. The molecule has 12 rings (SSSR count). The maximum Gasteiger partial charge on any atom is 0.136 e. The molecular formula is C58H38N2O. The molecule has 0 radical (unpaired) electrons. The molecule has 0 spiro atoms. The molecule has 0 atom stereocenters. The van der Waals surface area contributed by atoms with E-state index in [0.29, 0.717) is 0 Å². The van der Waals surface area contributed by atoms with E-state index in [9.17, 15) is 0 Å². The second-order valence-electron chi connectivity index (χ2n) is 15.7. The highest BCUT2D eigenvalue weighted by Crippen LogP contribution is 2.42. The molecule has 12 aromatic rings. The Balaban J connectivity index is 0.966. The van der Waals surface area contributed by atoms with Gasteiger partial charge in [0.15, 0.2) is 0 Å². The lowest BCUT2D eigenvalue weighted by atomic mass is 9.97. The number of rotatable bonds is 7. The Morgan fingerprint density at radius 3 is 1.67 bits per heavy atom. The number of anilines is 3. The molecule has 0 saturated carbocycles. The quantitative estimate of drug-likeness (QED) is 0.161. The van der Waals surface area contributed by atoms with Crippen LogP contribution >= 0.6 is 0 Å². The zero-order valence-electron chi connectivity index (χ0n) is 33.2. The summed E-state index contributed by atoms with van der Waals surface area (Å²) in [5.41, 5.74) is 15.7. The van der Waals surface area contributed by atoms with Crippen molar-refractivity contribution in [1.82, 2.24) is 4.57 Å². The molecule has 0 amide bonds. The molecule has 61 heavy (non-hydrogen) atoms. The van der Waals surface area contributed by atoms with Crippen LogP contribution in [0.3, 0.4) is 0 Å². The third kappa shape index (κ3) is 5.98. The van der Waals surface area contributed by atoms with E-state index in [0.717, 1.165) is 50.3 Å². The monoisotopic (exact) mass is 778 g/mol. The van der Waals surface area contributed by atoms with Crippen molar-refractivity contribution >= 4 is 71.6 Å². The van der Waals surface area contributed by atoms with Crippen molar-refractivity contribution < 1.29 is 4.42 Å². The average Bonchev–Trinajstić information content (AvgIpc) is 3.87. The highest BCUT2D eigenvalue weighted by Gasteiger charge is 2.18. The molecule has 0 unspecified atom stereocenters. The van der Waals surface area contributed by atoms with Crippen molar-refractivity contribution in [2.24, 2.45) is 0 Å². The fourth-order valence-corrected chi connectivity index (χ4v) is 9.26. The van der Waals surface area contributed by atoms with E-state index < -0.39 is 0 Å². The number of hydrogen-bond acceptors (Lipinski definition) is 2. The van der Waals surface area contributed by atoms with Crippen molar-refractivity contribution in [1.29, 1.82) is 0 Å². The highest BCUT2D eigenvalue weighted by molar-refractivity contribution is 6.23. The number of furan rings is 1. The van der Waals surface area contributed by atoms with Crippen molar-refractivity contribution in [3.05, 3.63) is 231 Å². The van der Waals surface area contributed by atoms with E-state index in [4.69, 9.17) is 4.42 Å². The Bertz CT molecular complexity index is 3570. The summed E-state index contributed by atoms with van der Waals surface area (Å²) in [6, 6.07) is 82.9. The van der Waals surface area contributed by atoms with Gasteiger partial charge in [-0.25, -0.2) is 0 Å². The van der Waals surface area contributed by atoms with Crippen molar-refractivity contribution in [2.45, 2.75) is 0 Å². The van der Waals surface area contributed by atoms with Gasteiger partial charge in [-0.2, -0.15) is 0 Å². The predicted octanol–water partition coefficient (Wildman–Crippen LogP) is 16.3. The summed E-state index contributed by atoms with van der Waals surface area (Å²) in [4.78, 5) is 2.34. The molecule has 3 nitrogen and oxygen atoms in total. The van der Waals surface area contributed by atoms with Crippen molar-refractivity contribution in [3.8, 4) is 39.1 Å². The molecular weight excluding hydrogens is 741 g/mol. The van der Waals surface area contributed by atoms with Gasteiger partial charge in [-0.05, 0) is 135 Å². The number of fused-ring (bicyclic) bond motifs is 8. The molecule has 2 heterocycles. The van der Waals surface area contributed by atoms with E-state index in [1.807, 2.05) is 6.07 Å². The zero-order valence-corrected chi connectivity index (χ0v) is 33.2. The number of benzene rings is 10. The summed E-state index contributed by atoms with van der Waals surface area (Å²) in [6.07, 6.45) is 0. The van der Waals surface area contributed by atoms with Gasteiger partial charge in [0.25, 0.3) is 0 Å². The van der Waals surface area contributed by atoms with E-state index in [2.05, 4.69) is 234 Å². The largest absolute Gasteiger partial charge is 0.456 e. The first-order valence-corrected chi connectivity index (χ1v) is 20.8. The second-order valence-corrected chi connectivity index (χ2v) is 15.7. The van der Waals surface area contributed by atoms with Crippen LogP contribution in [0.5, 0.6) is 0 Å². The summed E-state index contributed by atoms with van der Waals surface area (Å²) >= 11 is 0. The fraction of sp³-hybridized carbons (Fsp3) is 0. The van der Waals surface area contributed by atoms with E-state index in [1.54, 1.807) is 0 Å². The van der Waals surface area contributed by atoms with E-state index in [1.165, 1.54) is 60.4 Å². The van der Waals surface area contributed by atoms with Gasteiger partial charge in [-0.1, -0.05) is 140 Å². The SMILES string of the molecule is c1ccc(-c2ccc(N(c3ccccc3)c3cccc(-c4cccc(-c5ccc6c(c5)c5cc7ccc8oc9ccccc9c8c7cc5n6-c5ccccc5)c4)c3)cc2)cc1. The number of hydrogen-bond donors (Lipinski definition) is 0. The molecule has 0 aliphatic heterocycles. The Labute approximate surface area is 353 Å². The first-order valence-electron chi connectivity index (χ1n) is 20.8. The topological polar surface area (TPSA) is 21.3 Å². The minimum absolute atomic E-state index is 0.911. The smallest absolute Gasteiger partial charge is 0.136 e. The first-order chi connectivity index (χ1) is 30.2. The van der Waals surface area contributed by atoms with Crippen LogP contribution in [0.15, 0.2) is 235 Å². The molecule has 10 aromatic carbocycles. The van der Waals surface area contributed by atoms with Gasteiger partial charge in [0.2, 0.25) is 0 Å². The highest BCUT2D eigenvalue weighted by atomic mass is 16.3. The van der Waals surface area contributed by atoms with Crippen LogP contribution in [0.25, 0.3) is 93.6 Å². The number of aromatic nitrogens is 1. The van der Waals surface area contributed by atoms with Crippen LogP contribution in [0.1, 0.15) is 0 Å². The summed E-state index contributed by atoms with van der Waals surface area (Å²) in [7, 11) is 0. The molecule has 2 aromatic heterocycles. The summed E-state index contributed by atoms with van der Waals surface area (Å²) in [5, 5.41) is 7.14. The maximum absolute atomic E-state index is 6.32. The normalized spacial score (nSPS) is 11.6. The van der Waals surface area contributed by atoms with Gasteiger partial charge in [0.1, 0.15) is 11.2 Å². The minimum atomic E-state index is 0.911. The molecule has 0 N–H and O–H groups in total. The Morgan fingerprint density at radius 2 is 0.885 bits per heavy atom. The fourth-order valence-electron chi connectivity index (χ4n) is 9.26. The van der Waals surface area contributed by atoms with Crippen molar-refractivity contribution in [3.63, 3.8) is 0 Å². The molecule has 0 bridgehead atoms. The Hall–Kier alpha value is -8.14. The maximum atomic E-state index is 6.32. The van der Waals surface area contributed by atoms with Crippen LogP contribution < -0.4 is 4.90 Å². The van der Waals surface area contributed by atoms with E-state index in [-0.39, 0.29) is 0 Å². The number of nitrogens with zero attached hydrogens (tertiary/aromatic N) is 2.